The molecule has 3 aliphatic rings. The van der Waals surface area contributed by atoms with Crippen molar-refractivity contribution in [3.63, 3.8) is 0 Å². The molecule has 0 spiro atoms. The number of hydrogen-bond donors (Lipinski definition) is 1. The van der Waals surface area contributed by atoms with E-state index in [1.165, 1.54) is 45.3 Å². The lowest BCUT2D eigenvalue weighted by atomic mass is 9.83. The summed E-state index contributed by atoms with van der Waals surface area (Å²) in [4.78, 5) is 2.79. The lowest BCUT2D eigenvalue weighted by molar-refractivity contribution is -0.0389. The van der Waals surface area contributed by atoms with Crippen LogP contribution in [0.4, 0.5) is 0 Å². The van der Waals surface area contributed by atoms with E-state index in [0.717, 1.165) is 11.8 Å². The zero-order valence-electron chi connectivity index (χ0n) is 12.1. The summed E-state index contributed by atoms with van der Waals surface area (Å²) < 4.78 is 5.77. The maximum absolute atomic E-state index is 5.77. The van der Waals surface area contributed by atoms with Crippen molar-refractivity contribution >= 4 is 0 Å². The Balaban J connectivity index is 1.79. The molecule has 4 unspecified atom stereocenters. The molecule has 0 aromatic heterocycles. The van der Waals surface area contributed by atoms with Crippen LogP contribution in [-0.2, 0) is 4.74 Å². The Morgan fingerprint density at radius 3 is 2.67 bits per heavy atom. The number of rotatable bonds is 2. The molecule has 4 atom stereocenters. The second-order valence-electron chi connectivity index (χ2n) is 6.96. The lowest BCUT2D eigenvalue weighted by Crippen LogP contribution is -2.55. The van der Waals surface area contributed by atoms with E-state index >= 15 is 0 Å². The molecular weight excluding hydrogens is 224 g/mol. The van der Waals surface area contributed by atoms with Crippen LogP contribution in [0, 0.1) is 11.8 Å². The summed E-state index contributed by atoms with van der Waals surface area (Å²) in [5.41, 5.74) is 0.340. The monoisotopic (exact) mass is 252 g/mol. The molecule has 3 nitrogen and oxygen atoms in total. The van der Waals surface area contributed by atoms with Gasteiger partial charge >= 0.3 is 0 Å². The first-order valence-electron chi connectivity index (χ1n) is 7.65. The molecule has 2 heterocycles. The first kappa shape index (κ1) is 12.9. The topological polar surface area (TPSA) is 24.5 Å². The average molecular weight is 252 g/mol. The first-order valence-corrected chi connectivity index (χ1v) is 7.65. The van der Waals surface area contributed by atoms with Crippen molar-refractivity contribution in [1.29, 1.82) is 0 Å². The van der Waals surface area contributed by atoms with Gasteiger partial charge in [0.2, 0.25) is 0 Å². The number of ether oxygens (including phenoxy) is 1. The van der Waals surface area contributed by atoms with Crippen molar-refractivity contribution in [2.24, 2.45) is 11.8 Å². The van der Waals surface area contributed by atoms with Crippen LogP contribution < -0.4 is 5.32 Å². The largest absolute Gasteiger partial charge is 0.380 e. The van der Waals surface area contributed by atoms with E-state index in [0.29, 0.717) is 17.7 Å². The molecule has 0 radical (unpaired) electrons. The molecule has 0 bridgehead atoms. The van der Waals surface area contributed by atoms with Crippen LogP contribution in [0.3, 0.4) is 0 Å². The highest BCUT2D eigenvalue weighted by Gasteiger charge is 2.52. The minimum Gasteiger partial charge on any atom is -0.380 e. The standard InChI is InChI=1S/C15H28N2O/c1-15(2)12-9-16-8-11(12)10-17(15)13-6-4-5-7-14(13)18-3/h11-14,16H,4-10H2,1-3H3. The second kappa shape index (κ2) is 4.77. The normalized spacial score (nSPS) is 44.2. The van der Waals surface area contributed by atoms with Gasteiger partial charge in [-0.05, 0) is 45.1 Å². The van der Waals surface area contributed by atoms with E-state index in [-0.39, 0.29) is 0 Å². The van der Waals surface area contributed by atoms with Crippen molar-refractivity contribution in [2.45, 2.75) is 57.2 Å². The zero-order valence-corrected chi connectivity index (χ0v) is 12.1. The van der Waals surface area contributed by atoms with Gasteiger partial charge in [0, 0.05) is 31.8 Å². The second-order valence-corrected chi connectivity index (χ2v) is 6.96. The zero-order chi connectivity index (χ0) is 12.8. The van der Waals surface area contributed by atoms with Gasteiger partial charge in [-0.2, -0.15) is 0 Å². The van der Waals surface area contributed by atoms with Gasteiger partial charge < -0.3 is 10.1 Å². The molecule has 104 valence electrons. The number of nitrogens with one attached hydrogen (secondary N) is 1. The molecule has 2 aliphatic heterocycles. The molecule has 3 fully saturated rings. The number of fused-ring (bicyclic) bond motifs is 1. The Bertz CT molecular complexity index is 305. The highest BCUT2D eigenvalue weighted by Crippen LogP contribution is 2.44. The maximum Gasteiger partial charge on any atom is 0.0726 e. The number of methoxy groups -OCH3 is 1. The van der Waals surface area contributed by atoms with Crippen LogP contribution in [0.15, 0.2) is 0 Å². The Hall–Kier alpha value is -0.120. The fraction of sp³-hybridized carbons (Fsp3) is 1.00. The third-order valence-corrected chi connectivity index (χ3v) is 5.79. The molecule has 0 aromatic rings. The molecule has 3 heteroatoms. The van der Waals surface area contributed by atoms with Crippen molar-refractivity contribution in [2.75, 3.05) is 26.7 Å². The van der Waals surface area contributed by atoms with Crippen LogP contribution in [-0.4, -0.2) is 49.3 Å². The average Bonchev–Trinajstić information content (AvgIpc) is 2.92. The number of likely N-dealkylation sites (tertiary alicyclic amines) is 1. The lowest BCUT2D eigenvalue weighted by Gasteiger charge is -2.45. The Kier molecular flexibility index (Phi) is 3.41. The summed E-state index contributed by atoms with van der Waals surface area (Å²) >= 11 is 0. The highest BCUT2D eigenvalue weighted by atomic mass is 16.5. The number of nitrogens with zero attached hydrogens (tertiary/aromatic N) is 1. The van der Waals surface area contributed by atoms with E-state index in [9.17, 15) is 0 Å². The van der Waals surface area contributed by atoms with E-state index in [1.54, 1.807) is 0 Å². The number of hydrogen-bond acceptors (Lipinski definition) is 3. The highest BCUT2D eigenvalue weighted by molar-refractivity contribution is 5.07. The molecule has 2 saturated heterocycles. The van der Waals surface area contributed by atoms with Gasteiger partial charge in [0.1, 0.15) is 0 Å². The fourth-order valence-electron chi connectivity index (χ4n) is 4.72. The first-order chi connectivity index (χ1) is 8.64. The third kappa shape index (κ3) is 1.91. The molecule has 0 amide bonds. The van der Waals surface area contributed by atoms with E-state index < -0.39 is 0 Å². The van der Waals surface area contributed by atoms with Gasteiger partial charge in [0.05, 0.1) is 6.10 Å². The van der Waals surface area contributed by atoms with Crippen molar-refractivity contribution in [3.8, 4) is 0 Å². The van der Waals surface area contributed by atoms with Gasteiger partial charge in [0.25, 0.3) is 0 Å². The summed E-state index contributed by atoms with van der Waals surface area (Å²) in [5, 5.41) is 3.57. The van der Waals surface area contributed by atoms with Crippen molar-refractivity contribution in [3.05, 3.63) is 0 Å². The predicted molar refractivity (Wildman–Crippen MR) is 73.7 cm³/mol. The maximum atomic E-state index is 5.77. The van der Waals surface area contributed by atoms with Crippen LogP contribution in [0.5, 0.6) is 0 Å². The molecule has 18 heavy (non-hydrogen) atoms. The minimum absolute atomic E-state index is 0.340. The molecule has 1 N–H and O–H groups in total. The summed E-state index contributed by atoms with van der Waals surface area (Å²) in [6.45, 7) is 8.60. The molecule has 1 aliphatic carbocycles. The van der Waals surface area contributed by atoms with Gasteiger partial charge in [-0.15, -0.1) is 0 Å². The Morgan fingerprint density at radius 2 is 1.94 bits per heavy atom. The smallest absolute Gasteiger partial charge is 0.0726 e. The molecule has 3 rings (SSSR count). The van der Waals surface area contributed by atoms with Crippen LogP contribution >= 0.6 is 0 Å². The van der Waals surface area contributed by atoms with E-state index in [1.807, 2.05) is 7.11 Å². The molecular formula is C15H28N2O. The third-order valence-electron chi connectivity index (χ3n) is 5.79. The summed E-state index contributed by atoms with van der Waals surface area (Å²) in [6, 6.07) is 0.657. The quantitative estimate of drug-likeness (QED) is 0.812. The summed E-state index contributed by atoms with van der Waals surface area (Å²) in [5.74, 6) is 1.69. The van der Waals surface area contributed by atoms with E-state index in [2.05, 4.69) is 24.1 Å². The van der Waals surface area contributed by atoms with Gasteiger partial charge in [0.15, 0.2) is 0 Å². The fourth-order valence-corrected chi connectivity index (χ4v) is 4.72. The predicted octanol–water partition coefficient (Wildman–Crippen LogP) is 1.87. The summed E-state index contributed by atoms with van der Waals surface area (Å²) in [6.07, 6.45) is 5.77. The summed E-state index contributed by atoms with van der Waals surface area (Å²) in [7, 11) is 1.90. The van der Waals surface area contributed by atoms with Gasteiger partial charge in [-0.3, -0.25) is 4.90 Å². The van der Waals surface area contributed by atoms with Crippen LogP contribution in [0.25, 0.3) is 0 Å². The van der Waals surface area contributed by atoms with Crippen molar-refractivity contribution in [1.82, 2.24) is 10.2 Å². The van der Waals surface area contributed by atoms with Crippen molar-refractivity contribution < 1.29 is 4.74 Å². The Labute approximate surface area is 111 Å². The molecule has 1 saturated carbocycles. The van der Waals surface area contributed by atoms with Gasteiger partial charge in [-0.1, -0.05) is 12.8 Å². The molecule has 0 aromatic carbocycles. The van der Waals surface area contributed by atoms with Crippen LogP contribution in [0.1, 0.15) is 39.5 Å². The minimum atomic E-state index is 0.340. The Morgan fingerprint density at radius 1 is 1.17 bits per heavy atom. The van der Waals surface area contributed by atoms with E-state index in [4.69, 9.17) is 4.74 Å². The van der Waals surface area contributed by atoms with Crippen LogP contribution in [0.2, 0.25) is 0 Å². The SMILES string of the molecule is COC1CCCCC1N1CC2CNCC2C1(C)C. The van der Waals surface area contributed by atoms with Gasteiger partial charge in [-0.25, -0.2) is 0 Å².